The molecule has 0 amide bonds. The van der Waals surface area contributed by atoms with Crippen molar-refractivity contribution < 1.29 is 15.3 Å². The molecule has 2 unspecified atom stereocenters. The number of aromatic hydroxyl groups is 1. The van der Waals surface area contributed by atoms with Crippen LogP contribution in [-0.4, -0.2) is 46.0 Å². The topological polar surface area (TPSA) is 63.9 Å². The number of benzene rings is 1. The summed E-state index contributed by atoms with van der Waals surface area (Å²) in [7, 11) is 0. The number of hydrogen-bond acceptors (Lipinski definition) is 4. The largest absolute Gasteiger partial charge is 0.508 e. The summed E-state index contributed by atoms with van der Waals surface area (Å²) in [6.45, 7) is 3.01. The number of phenols is 1. The third kappa shape index (κ3) is 2.97. The zero-order chi connectivity index (χ0) is 14.1. The lowest BCUT2D eigenvalue weighted by atomic mass is 10.0. The maximum atomic E-state index is 10.2. The van der Waals surface area contributed by atoms with E-state index in [1.54, 1.807) is 24.3 Å². The van der Waals surface area contributed by atoms with Crippen molar-refractivity contribution in [2.45, 2.75) is 31.5 Å². The van der Waals surface area contributed by atoms with Crippen LogP contribution in [0.3, 0.4) is 0 Å². The SMILES string of the molecule is Oc1ccc(C(O)CCN2C[C@H]3CC(O)C[C@H]3C2)cc1. The molecule has 1 aromatic carbocycles. The van der Waals surface area contributed by atoms with Crippen molar-refractivity contribution in [1.29, 1.82) is 0 Å². The van der Waals surface area contributed by atoms with Gasteiger partial charge in [0.1, 0.15) is 5.75 Å². The second-order valence-corrected chi connectivity index (χ2v) is 6.30. The standard InChI is InChI=1S/C16H23NO3/c18-14-3-1-11(2-4-14)16(20)5-6-17-9-12-7-15(19)8-13(12)10-17/h1-4,12-13,15-16,18-20H,5-10H2/t12-,13+,15?,16?. The Balaban J connectivity index is 1.47. The molecule has 0 bridgehead atoms. The van der Waals surface area contributed by atoms with Crippen LogP contribution in [0.25, 0.3) is 0 Å². The van der Waals surface area contributed by atoms with Crippen LogP contribution in [0.5, 0.6) is 5.75 Å². The molecule has 1 aliphatic carbocycles. The van der Waals surface area contributed by atoms with Crippen LogP contribution in [0, 0.1) is 11.8 Å². The first-order valence-corrected chi connectivity index (χ1v) is 7.49. The second kappa shape index (κ2) is 5.72. The number of aliphatic hydroxyl groups is 2. The molecule has 1 aromatic rings. The van der Waals surface area contributed by atoms with Crippen LogP contribution in [0.15, 0.2) is 24.3 Å². The molecule has 4 nitrogen and oxygen atoms in total. The highest BCUT2D eigenvalue weighted by Gasteiger charge is 2.39. The van der Waals surface area contributed by atoms with Crippen LogP contribution in [0.2, 0.25) is 0 Å². The van der Waals surface area contributed by atoms with E-state index in [9.17, 15) is 15.3 Å². The Morgan fingerprint density at radius 2 is 1.70 bits per heavy atom. The summed E-state index contributed by atoms with van der Waals surface area (Å²) in [6.07, 6.45) is 2.05. The van der Waals surface area contributed by atoms with Gasteiger partial charge in [-0.15, -0.1) is 0 Å². The molecule has 2 aliphatic rings. The fraction of sp³-hybridized carbons (Fsp3) is 0.625. The van der Waals surface area contributed by atoms with Crippen LogP contribution < -0.4 is 0 Å². The molecule has 1 aliphatic heterocycles. The lowest BCUT2D eigenvalue weighted by Crippen LogP contribution is -2.25. The smallest absolute Gasteiger partial charge is 0.115 e. The highest BCUT2D eigenvalue weighted by atomic mass is 16.3. The van der Waals surface area contributed by atoms with E-state index in [2.05, 4.69) is 4.90 Å². The van der Waals surface area contributed by atoms with Gasteiger partial charge in [0.15, 0.2) is 0 Å². The van der Waals surface area contributed by atoms with Gasteiger partial charge in [-0.1, -0.05) is 12.1 Å². The molecule has 3 N–H and O–H groups in total. The summed E-state index contributed by atoms with van der Waals surface area (Å²) in [4.78, 5) is 2.41. The summed E-state index contributed by atoms with van der Waals surface area (Å²) >= 11 is 0. The number of hydrogen-bond donors (Lipinski definition) is 3. The minimum atomic E-state index is -0.471. The van der Waals surface area contributed by atoms with Crippen LogP contribution in [-0.2, 0) is 0 Å². The van der Waals surface area contributed by atoms with E-state index in [1.807, 2.05) is 0 Å². The normalized spacial score (nSPS) is 31.4. The summed E-state index contributed by atoms with van der Waals surface area (Å²) < 4.78 is 0. The third-order valence-electron chi connectivity index (χ3n) is 4.80. The summed E-state index contributed by atoms with van der Waals surface area (Å²) in [6, 6.07) is 6.77. The number of fused-ring (bicyclic) bond motifs is 1. The molecule has 0 radical (unpaired) electrons. The quantitative estimate of drug-likeness (QED) is 0.781. The average Bonchev–Trinajstić information content (AvgIpc) is 2.93. The van der Waals surface area contributed by atoms with Crippen molar-refractivity contribution >= 4 is 0 Å². The predicted octanol–water partition coefficient (Wildman–Crippen LogP) is 1.52. The van der Waals surface area contributed by atoms with Crippen molar-refractivity contribution in [2.75, 3.05) is 19.6 Å². The Hall–Kier alpha value is -1.10. The monoisotopic (exact) mass is 277 g/mol. The lowest BCUT2D eigenvalue weighted by molar-refractivity contribution is 0.137. The van der Waals surface area contributed by atoms with E-state index in [-0.39, 0.29) is 11.9 Å². The number of aliphatic hydroxyl groups excluding tert-OH is 2. The Bertz CT molecular complexity index is 434. The van der Waals surface area contributed by atoms with E-state index in [4.69, 9.17) is 0 Å². The van der Waals surface area contributed by atoms with E-state index in [0.717, 1.165) is 38.0 Å². The molecular weight excluding hydrogens is 254 g/mol. The Kier molecular flexibility index (Phi) is 3.96. The van der Waals surface area contributed by atoms with Crippen LogP contribution in [0.4, 0.5) is 0 Å². The minimum absolute atomic E-state index is 0.0882. The van der Waals surface area contributed by atoms with Crippen molar-refractivity contribution in [1.82, 2.24) is 4.90 Å². The first kappa shape index (κ1) is 13.9. The zero-order valence-electron chi connectivity index (χ0n) is 11.7. The highest BCUT2D eigenvalue weighted by molar-refractivity contribution is 5.27. The van der Waals surface area contributed by atoms with Gasteiger partial charge in [-0.2, -0.15) is 0 Å². The summed E-state index contributed by atoms with van der Waals surface area (Å²) in [5.41, 5.74) is 0.859. The molecule has 1 heterocycles. The van der Waals surface area contributed by atoms with Gasteiger partial charge in [0.25, 0.3) is 0 Å². The minimum Gasteiger partial charge on any atom is -0.508 e. The maximum Gasteiger partial charge on any atom is 0.115 e. The van der Waals surface area contributed by atoms with E-state index >= 15 is 0 Å². The molecule has 0 aromatic heterocycles. The molecule has 1 saturated carbocycles. The predicted molar refractivity (Wildman–Crippen MR) is 76.3 cm³/mol. The van der Waals surface area contributed by atoms with Gasteiger partial charge in [-0.05, 0) is 48.8 Å². The van der Waals surface area contributed by atoms with Crippen LogP contribution >= 0.6 is 0 Å². The van der Waals surface area contributed by atoms with E-state index in [0.29, 0.717) is 18.3 Å². The van der Waals surface area contributed by atoms with Crippen molar-refractivity contribution in [3.8, 4) is 5.75 Å². The van der Waals surface area contributed by atoms with Gasteiger partial charge in [0, 0.05) is 19.6 Å². The molecule has 1 saturated heterocycles. The molecule has 2 fully saturated rings. The number of phenolic OH excluding ortho intramolecular Hbond substituents is 1. The third-order valence-corrected chi connectivity index (χ3v) is 4.80. The summed E-state index contributed by atoms with van der Waals surface area (Å²) in [5, 5.41) is 29.0. The molecule has 4 heteroatoms. The molecule has 4 atom stereocenters. The van der Waals surface area contributed by atoms with Crippen molar-refractivity contribution in [2.24, 2.45) is 11.8 Å². The Labute approximate surface area is 119 Å². The number of nitrogens with zero attached hydrogens (tertiary/aromatic N) is 1. The van der Waals surface area contributed by atoms with Gasteiger partial charge in [0.05, 0.1) is 12.2 Å². The van der Waals surface area contributed by atoms with E-state index in [1.165, 1.54) is 0 Å². The maximum absolute atomic E-state index is 10.2. The van der Waals surface area contributed by atoms with Gasteiger partial charge in [-0.3, -0.25) is 0 Å². The van der Waals surface area contributed by atoms with Crippen molar-refractivity contribution in [3.63, 3.8) is 0 Å². The van der Waals surface area contributed by atoms with Crippen LogP contribution in [0.1, 0.15) is 30.9 Å². The van der Waals surface area contributed by atoms with E-state index < -0.39 is 6.10 Å². The van der Waals surface area contributed by atoms with Gasteiger partial charge < -0.3 is 20.2 Å². The molecule has 0 spiro atoms. The Morgan fingerprint density at radius 1 is 1.10 bits per heavy atom. The first-order chi connectivity index (χ1) is 9.61. The Morgan fingerprint density at radius 3 is 2.30 bits per heavy atom. The summed E-state index contributed by atoms with van der Waals surface area (Å²) in [5.74, 6) is 1.53. The second-order valence-electron chi connectivity index (χ2n) is 6.30. The fourth-order valence-electron chi connectivity index (χ4n) is 3.72. The zero-order valence-corrected chi connectivity index (χ0v) is 11.7. The molecule has 110 valence electrons. The van der Waals surface area contributed by atoms with Gasteiger partial charge >= 0.3 is 0 Å². The lowest BCUT2D eigenvalue weighted by Gasteiger charge is -2.19. The number of likely N-dealkylation sites (tertiary alicyclic amines) is 1. The van der Waals surface area contributed by atoms with Gasteiger partial charge in [-0.25, -0.2) is 0 Å². The highest BCUT2D eigenvalue weighted by Crippen LogP contribution is 2.38. The first-order valence-electron chi connectivity index (χ1n) is 7.49. The molecular formula is C16H23NO3. The average molecular weight is 277 g/mol. The van der Waals surface area contributed by atoms with Crippen molar-refractivity contribution in [3.05, 3.63) is 29.8 Å². The van der Waals surface area contributed by atoms with Gasteiger partial charge in [0.2, 0.25) is 0 Å². The molecule has 20 heavy (non-hydrogen) atoms. The fourth-order valence-corrected chi connectivity index (χ4v) is 3.72. The molecule has 3 rings (SSSR count). The number of rotatable bonds is 4.